The summed E-state index contributed by atoms with van der Waals surface area (Å²) in [5.74, 6) is 1.12. The Bertz CT molecular complexity index is 453. The van der Waals surface area contributed by atoms with Crippen molar-refractivity contribution in [1.82, 2.24) is 0 Å². The second-order valence-electron chi connectivity index (χ2n) is 4.02. The number of benzene rings is 1. The van der Waals surface area contributed by atoms with Crippen LogP contribution in [0.25, 0.3) is 0 Å². The Hall–Kier alpha value is -1.55. The van der Waals surface area contributed by atoms with Gasteiger partial charge in [-0.25, -0.2) is 4.79 Å². The number of esters is 1. The van der Waals surface area contributed by atoms with Crippen LogP contribution >= 0.6 is 0 Å². The van der Waals surface area contributed by atoms with Crippen molar-refractivity contribution in [2.45, 2.75) is 18.9 Å². The standard InChI is InChI=1S/C12H12O4/c1-14-11-5-8-4-7-2-3-15-9(7)6-10(8)16-12(11)13/h4,6,11H,2-3,5H2,1H3. The predicted octanol–water partition coefficient (Wildman–Crippen LogP) is 1.10. The molecule has 0 saturated heterocycles. The van der Waals surface area contributed by atoms with Gasteiger partial charge < -0.3 is 14.2 Å². The molecule has 4 heteroatoms. The minimum Gasteiger partial charge on any atom is -0.493 e. The number of rotatable bonds is 1. The third kappa shape index (κ3) is 1.38. The molecule has 0 aromatic heterocycles. The van der Waals surface area contributed by atoms with Crippen LogP contribution in [0, 0.1) is 0 Å². The van der Waals surface area contributed by atoms with E-state index >= 15 is 0 Å². The third-order valence-electron chi connectivity index (χ3n) is 3.04. The van der Waals surface area contributed by atoms with Crippen LogP contribution < -0.4 is 9.47 Å². The first-order valence-corrected chi connectivity index (χ1v) is 5.31. The average molecular weight is 220 g/mol. The first kappa shape index (κ1) is 9.66. The van der Waals surface area contributed by atoms with Gasteiger partial charge in [-0.1, -0.05) is 0 Å². The molecule has 2 aliphatic heterocycles. The zero-order valence-corrected chi connectivity index (χ0v) is 8.99. The molecule has 1 aromatic rings. The molecular formula is C12H12O4. The quantitative estimate of drug-likeness (QED) is 0.525. The van der Waals surface area contributed by atoms with Crippen LogP contribution in [0.1, 0.15) is 11.1 Å². The van der Waals surface area contributed by atoms with Crippen LogP contribution in [0.15, 0.2) is 12.1 Å². The fourth-order valence-corrected chi connectivity index (χ4v) is 2.15. The fraction of sp³-hybridized carbons (Fsp3) is 0.417. The first-order chi connectivity index (χ1) is 7.78. The molecule has 0 N–H and O–H groups in total. The number of hydrogen-bond acceptors (Lipinski definition) is 4. The number of carbonyl (C=O) groups excluding carboxylic acids is 1. The van der Waals surface area contributed by atoms with Gasteiger partial charge in [0.2, 0.25) is 0 Å². The largest absolute Gasteiger partial charge is 0.493 e. The molecule has 3 rings (SSSR count). The first-order valence-electron chi connectivity index (χ1n) is 5.31. The Kier molecular flexibility index (Phi) is 2.11. The van der Waals surface area contributed by atoms with Gasteiger partial charge in [0.25, 0.3) is 0 Å². The monoisotopic (exact) mass is 220 g/mol. The normalized spacial score (nSPS) is 22.1. The smallest absolute Gasteiger partial charge is 0.340 e. The van der Waals surface area contributed by atoms with E-state index in [-0.39, 0.29) is 5.97 Å². The Morgan fingerprint density at radius 1 is 1.31 bits per heavy atom. The van der Waals surface area contributed by atoms with Crippen LogP contribution in [-0.4, -0.2) is 25.8 Å². The second-order valence-corrected chi connectivity index (χ2v) is 4.02. The minimum atomic E-state index is -0.479. The van der Waals surface area contributed by atoms with E-state index in [1.54, 1.807) is 6.07 Å². The Labute approximate surface area is 93.1 Å². The highest BCUT2D eigenvalue weighted by molar-refractivity contribution is 5.80. The van der Waals surface area contributed by atoms with Crippen molar-refractivity contribution in [3.8, 4) is 11.5 Å². The van der Waals surface area contributed by atoms with E-state index in [1.807, 2.05) is 0 Å². The van der Waals surface area contributed by atoms with Crippen molar-refractivity contribution in [3.05, 3.63) is 23.3 Å². The fourth-order valence-electron chi connectivity index (χ4n) is 2.15. The van der Waals surface area contributed by atoms with Crippen LogP contribution in [-0.2, 0) is 22.4 Å². The van der Waals surface area contributed by atoms with Gasteiger partial charge in [0, 0.05) is 26.0 Å². The summed E-state index contributed by atoms with van der Waals surface area (Å²) in [5, 5.41) is 0. The van der Waals surface area contributed by atoms with Crippen LogP contribution in [0.4, 0.5) is 0 Å². The highest BCUT2D eigenvalue weighted by Crippen LogP contribution is 2.36. The molecule has 0 fully saturated rings. The van der Waals surface area contributed by atoms with Gasteiger partial charge in [0.05, 0.1) is 6.61 Å². The van der Waals surface area contributed by atoms with Gasteiger partial charge in [-0.3, -0.25) is 0 Å². The van der Waals surface area contributed by atoms with Crippen molar-refractivity contribution in [1.29, 1.82) is 0 Å². The molecule has 1 aromatic carbocycles. The molecule has 1 unspecified atom stereocenters. The van der Waals surface area contributed by atoms with E-state index < -0.39 is 6.10 Å². The van der Waals surface area contributed by atoms with E-state index in [9.17, 15) is 4.79 Å². The Morgan fingerprint density at radius 2 is 2.19 bits per heavy atom. The molecule has 16 heavy (non-hydrogen) atoms. The summed E-state index contributed by atoms with van der Waals surface area (Å²) in [5.41, 5.74) is 2.21. The van der Waals surface area contributed by atoms with Crippen molar-refractivity contribution in [2.24, 2.45) is 0 Å². The predicted molar refractivity (Wildman–Crippen MR) is 55.8 cm³/mol. The molecule has 1 atom stereocenters. The number of methoxy groups -OCH3 is 1. The highest BCUT2D eigenvalue weighted by Gasteiger charge is 2.30. The molecule has 0 amide bonds. The van der Waals surface area contributed by atoms with E-state index in [0.29, 0.717) is 18.8 Å². The third-order valence-corrected chi connectivity index (χ3v) is 3.04. The summed E-state index contributed by atoms with van der Waals surface area (Å²) in [7, 11) is 1.52. The number of hydrogen-bond donors (Lipinski definition) is 0. The van der Waals surface area contributed by atoms with Crippen molar-refractivity contribution < 1.29 is 19.0 Å². The zero-order valence-electron chi connectivity index (χ0n) is 8.99. The molecule has 0 saturated carbocycles. The molecule has 84 valence electrons. The molecule has 0 radical (unpaired) electrons. The van der Waals surface area contributed by atoms with E-state index in [1.165, 1.54) is 12.7 Å². The lowest BCUT2D eigenvalue weighted by Gasteiger charge is -2.22. The maximum Gasteiger partial charge on any atom is 0.340 e. The number of fused-ring (bicyclic) bond motifs is 2. The second kappa shape index (κ2) is 3.49. The van der Waals surface area contributed by atoms with Crippen LogP contribution in [0.2, 0.25) is 0 Å². The lowest BCUT2D eigenvalue weighted by atomic mass is 10.0. The minimum absolute atomic E-state index is 0.326. The Morgan fingerprint density at radius 3 is 3.00 bits per heavy atom. The van der Waals surface area contributed by atoms with Gasteiger partial charge in [0.1, 0.15) is 11.5 Å². The van der Waals surface area contributed by atoms with E-state index in [2.05, 4.69) is 6.07 Å². The maximum atomic E-state index is 11.5. The van der Waals surface area contributed by atoms with Gasteiger partial charge in [-0.05, 0) is 17.2 Å². The zero-order chi connectivity index (χ0) is 11.1. The molecule has 2 heterocycles. The number of carbonyl (C=O) groups is 1. The molecule has 2 aliphatic rings. The van der Waals surface area contributed by atoms with E-state index in [4.69, 9.17) is 14.2 Å². The molecule has 0 aliphatic carbocycles. The van der Waals surface area contributed by atoms with Crippen LogP contribution in [0.5, 0.6) is 11.5 Å². The van der Waals surface area contributed by atoms with Crippen molar-refractivity contribution in [3.63, 3.8) is 0 Å². The maximum absolute atomic E-state index is 11.5. The van der Waals surface area contributed by atoms with Crippen molar-refractivity contribution in [2.75, 3.05) is 13.7 Å². The molecule has 0 spiro atoms. The molecular weight excluding hydrogens is 208 g/mol. The van der Waals surface area contributed by atoms with Gasteiger partial charge >= 0.3 is 5.97 Å². The van der Waals surface area contributed by atoms with Gasteiger partial charge in [-0.2, -0.15) is 0 Å². The SMILES string of the molecule is COC1Cc2cc3c(cc2OC1=O)OCC3. The summed E-state index contributed by atoms with van der Waals surface area (Å²) in [6.07, 6.45) is 1.03. The van der Waals surface area contributed by atoms with E-state index in [0.717, 1.165) is 17.7 Å². The lowest BCUT2D eigenvalue weighted by molar-refractivity contribution is -0.147. The lowest BCUT2D eigenvalue weighted by Crippen LogP contribution is -2.33. The average Bonchev–Trinajstić information content (AvgIpc) is 2.72. The summed E-state index contributed by atoms with van der Waals surface area (Å²) in [6.45, 7) is 0.708. The topological polar surface area (TPSA) is 44.8 Å². The summed E-state index contributed by atoms with van der Waals surface area (Å²) >= 11 is 0. The van der Waals surface area contributed by atoms with Gasteiger partial charge in [0.15, 0.2) is 6.10 Å². The van der Waals surface area contributed by atoms with Crippen molar-refractivity contribution >= 4 is 5.97 Å². The summed E-state index contributed by atoms with van der Waals surface area (Å²) in [6, 6.07) is 3.86. The molecule has 0 bridgehead atoms. The summed E-state index contributed by atoms with van der Waals surface area (Å²) in [4.78, 5) is 11.5. The number of ether oxygens (including phenoxy) is 3. The van der Waals surface area contributed by atoms with Gasteiger partial charge in [-0.15, -0.1) is 0 Å². The highest BCUT2D eigenvalue weighted by atomic mass is 16.6. The Balaban J connectivity index is 2.01. The van der Waals surface area contributed by atoms with Crippen LogP contribution in [0.3, 0.4) is 0 Å². The summed E-state index contributed by atoms with van der Waals surface area (Å²) < 4.78 is 15.7. The molecule has 4 nitrogen and oxygen atoms in total.